The standard InChI is InChI=1S/C23H22ClN3O2S/c1-25-23(13-14-23)16-7-9-17(10-8-16)26-22(29)20(15-5-3-2-4-6-15)27-21(28)18-11-12-19(24)30-18/h2-12,20,25H,13-14H2,1H3,(H,26,29)(H,27,28). The third-order valence-corrected chi connectivity index (χ3v) is 6.63. The van der Waals surface area contributed by atoms with Crippen molar-refractivity contribution < 1.29 is 9.59 Å². The largest absolute Gasteiger partial charge is 0.336 e. The fourth-order valence-electron chi connectivity index (χ4n) is 3.48. The van der Waals surface area contributed by atoms with Crippen molar-refractivity contribution in [1.29, 1.82) is 0 Å². The first kappa shape index (κ1) is 20.6. The number of nitrogens with one attached hydrogen (secondary N) is 3. The van der Waals surface area contributed by atoms with Gasteiger partial charge in [0.1, 0.15) is 6.04 Å². The maximum atomic E-state index is 13.1. The van der Waals surface area contributed by atoms with E-state index in [4.69, 9.17) is 11.6 Å². The molecule has 0 aliphatic heterocycles. The molecule has 2 amide bonds. The first-order chi connectivity index (χ1) is 14.5. The predicted octanol–water partition coefficient (Wildman–Crippen LogP) is 4.72. The first-order valence-electron chi connectivity index (χ1n) is 9.72. The van der Waals surface area contributed by atoms with Gasteiger partial charge in [-0.3, -0.25) is 9.59 Å². The van der Waals surface area contributed by atoms with Crippen molar-refractivity contribution in [2.24, 2.45) is 0 Å². The van der Waals surface area contributed by atoms with E-state index in [1.165, 1.54) is 16.9 Å². The molecular weight excluding hydrogens is 418 g/mol. The van der Waals surface area contributed by atoms with Crippen LogP contribution >= 0.6 is 22.9 Å². The van der Waals surface area contributed by atoms with Crippen molar-refractivity contribution in [3.8, 4) is 0 Å². The van der Waals surface area contributed by atoms with Crippen molar-refractivity contribution in [1.82, 2.24) is 10.6 Å². The normalized spacial score (nSPS) is 15.3. The molecule has 1 aliphatic carbocycles. The Balaban J connectivity index is 1.51. The van der Waals surface area contributed by atoms with Crippen LogP contribution in [0.25, 0.3) is 0 Å². The molecule has 1 unspecified atom stereocenters. The molecule has 154 valence electrons. The van der Waals surface area contributed by atoms with E-state index in [1.54, 1.807) is 12.1 Å². The molecule has 7 heteroatoms. The summed E-state index contributed by atoms with van der Waals surface area (Å²) in [5.41, 5.74) is 2.68. The van der Waals surface area contributed by atoms with E-state index in [0.717, 1.165) is 12.8 Å². The van der Waals surface area contributed by atoms with Gasteiger partial charge < -0.3 is 16.0 Å². The minimum atomic E-state index is -0.827. The maximum absolute atomic E-state index is 13.1. The Morgan fingerprint density at radius 2 is 1.70 bits per heavy atom. The van der Waals surface area contributed by atoms with E-state index in [1.807, 2.05) is 61.6 Å². The second-order valence-electron chi connectivity index (χ2n) is 7.32. The average molecular weight is 440 g/mol. The Morgan fingerprint density at radius 1 is 1.00 bits per heavy atom. The van der Waals surface area contributed by atoms with E-state index in [2.05, 4.69) is 16.0 Å². The highest BCUT2D eigenvalue weighted by atomic mass is 35.5. The number of carbonyl (C=O) groups is 2. The van der Waals surface area contributed by atoms with E-state index in [0.29, 0.717) is 20.5 Å². The number of amides is 2. The number of carbonyl (C=O) groups excluding carboxylic acids is 2. The second kappa shape index (κ2) is 8.60. The number of benzene rings is 2. The van der Waals surface area contributed by atoms with Crippen LogP contribution in [0.4, 0.5) is 5.69 Å². The maximum Gasteiger partial charge on any atom is 0.262 e. The lowest BCUT2D eigenvalue weighted by atomic mass is 10.0. The molecule has 5 nitrogen and oxygen atoms in total. The Hall–Kier alpha value is -2.67. The smallest absolute Gasteiger partial charge is 0.262 e. The predicted molar refractivity (Wildman–Crippen MR) is 121 cm³/mol. The Bertz CT molecular complexity index is 1050. The van der Waals surface area contributed by atoms with Crippen LogP contribution in [0, 0.1) is 0 Å². The van der Waals surface area contributed by atoms with E-state index in [9.17, 15) is 9.59 Å². The molecule has 4 rings (SSSR count). The first-order valence-corrected chi connectivity index (χ1v) is 10.9. The third-order valence-electron chi connectivity index (χ3n) is 5.40. The molecule has 1 heterocycles. The van der Waals surface area contributed by atoms with Gasteiger partial charge in [-0.15, -0.1) is 11.3 Å². The number of rotatable bonds is 7. The fourth-order valence-corrected chi connectivity index (χ4v) is 4.43. The third kappa shape index (κ3) is 4.41. The van der Waals surface area contributed by atoms with Crippen molar-refractivity contribution >= 4 is 40.4 Å². The van der Waals surface area contributed by atoms with Crippen LogP contribution in [0.15, 0.2) is 66.7 Å². The molecular formula is C23H22ClN3O2S. The van der Waals surface area contributed by atoms with Crippen LogP contribution < -0.4 is 16.0 Å². The minimum absolute atomic E-state index is 0.0745. The zero-order chi connectivity index (χ0) is 21.1. The highest BCUT2D eigenvalue weighted by Crippen LogP contribution is 2.45. The SMILES string of the molecule is CNC1(c2ccc(NC(=O)C(NC(=O)c3ccc(Cl)s3)c3ccccc3)cc2)CC1. The zero-order valence-electron chi connectivity index (χ0n) is 16.4. The summed E-state index contributed by atoms with van der Waals surface area (Å²) in [6, 6.07) is 19.5. The van der Waals surface area contributed by atoms with Crippen LogP contribution in [-0.2, 0) is 10.3 Å². The lowest BCUT2D eigenvalue weighted by molar-refractivity contribution is -0.118. The van der Waals surface area contributed by atoms with Crippen LogP contribution in [0.1, 0.15) is 39.7 Å². The van der Waals surface area contributed by atoms with Crippen molar-refractivity contribution in [2.45, 2.75) is 24.4 Å². The summed E-state index contributed by atoms with van der Waals surface area (Å²) in [5.74, 6) is -0.643. The molecule has 0 bridgehead atoms. The molecule has 3 N–H and O–H groups in total. The van der Waals surface area contributed by atoms with Crippen LogP contribution in [0.5, 0.6) is 0 Å². The molecule has 1 aliphatic rings. The highest BCUT2D eigenvalue weighted by Gasteiger charge is 2.42. The minimum Gasteiger partial charge on any atom is -0.336 e. The molecule has 30 heavy (non-hydrogen) atoms. The van der Waals surface area contributed by atoms with Gasteiger partial charge in [-0.05, 0) is 55.3 Å². The lowest BCUT2D eigenvalue weighted by Crippen LogP contribution is -2.36. The molecule has 0 spiro atoms. The second-order valence-corrected chi connectivity index (χ2v) is 9.03. The number of hydrogen-bond donors (Lipinski definition) is 3. The Labute approximate surface area is 184 Å². The van der Waals surface area contributed by atoms with Gasteiger partial charge in [-0.25, -0.2) is 0 Å². The highest BCUT2D eigenvalue weighted by molar-refractivity contribution is 7.18. The van der Waals surface area contributed by atoms with Gasteiger partial charge >= 0.3 is 0 Å². The van der Waals surface area contributed by atoms with Gasteiger partial charge in [-0.1, -0.05) is 54.1 Å². The summed E-state index contributed by atoms with van der Waals surface area (Å²) < 4.78 is 0.524. The molecule has 0 radical (unpaired) electrons. The summed E-state index contributed by atoms with van der Waals surface area (Å²) in [4.78, 5) is 26.2. The zero-order valence-corrected chi connectivity index (χ0v) is 18.0. The Morgan fingerprint density at radius 3 is 2.27 bits per heavy atom. The Kier molecular flexibility index (Phi) is 5.90. The van der Waals surface area contributed by atoms with E-state index in [-0.39, 0.29) is 17.4 Å². The quantitative estimate of drug-likeness (QED) is 0.499. The number of hydrogen-bond acceptors (Lipinski definition) is 4. The average Bonchev–Trinajstić information content (AvgIpc) is 3.45. The summed E-state index contributed by atoms with van der Waals surface area (Å²) in [5, 5.41) is 9.12. The molecule has 1 atom stereocenters. The molecule has 1 saturated carbocycles. The summed E-state index contributed by atoms with van der Waals surface area (Å²) >= 11 is 7.12. The number of thiophene rings is 1. The van der Waals surface area contributed by atoms with Crippen molar-refractivity contribution in [3.05, 3.63) is 87.1 Å². The summed E-state index contributed by atoms with van der Waals surface area (Å²) in [6.45, 7) is 0. The van der Waals surface area contributed by atoms with Crippen molar-refractivity contribution in [2.75, 3.05) is 12.4 Å². The summed E-state index contributed by atoms with van der Waals surface area (Å²) in [7, 11) is 1.97. The summed E-state index contributed by atoms with van der Waals surface area (Å²) in [6.07, 6.45) is 2.23. The van der Waals surface area contributed by atoms with E-state index >= 15 is 0 Å². The van der Waals surface area contributed by atoms with Gasteiger partial charge in [0.2, 0.25) is 0 Å². The van der Waals surface area contributed by atoms with Crippen LogP contribution in [0.3, 0.4) is 0 Å². The van der Waals surface area contributed by atoms with Gasteiger partial charge in [0, 0.05) is 11.2 Å². The van der Waals surface area contributed by atoms with Crippen LogP contribution in [0.2, 0.25) is 4.34 Å². The molecule has 3 aromatic rings. The topological polar surface area (TPSA) is 70.2 Å². The molecule has 0 saturated heterocycles. The van der Waals surface area contributed by atoms with E-state index < -0.39 is 6.04 Å². The van der Waals surface area contributed by atoms with Gasteiger partial charge in [0.15, 0.2) is 0 Å². The van der Waals surface area contributed by atoms with Gasteiger partial charge in [-0.2, -0.15) is 0 Å². The fraction of sp³-hybridized carbons (Fsp3) is 0.217. The van der Waals surface area contributed by atoms with Gasteiger partial charge in [0.05, 0.1) is 9.21 Å². The monoisotopic (exact) mass is 439 g/mol. The molecule has 1 fully saturated rings. The lowest BCUT2D eigenvalue weighted by Gasteiger charge is -2.19. The van der Waals surface area contributed by atoms with Crippen molar-refractivity contribution in [3.63, 3.8) is 0 Å². The number of halogens is 1. The number of anilines is 1. The van der Waals surface area contributed by atoms with Crippen LogP contribution in [-0.4, -0.2) is 18.9 Å². The molecule has 1 aromatic heterocycles. The van der Waals surface area contributed by atoms with Gasteiger partial charge in [0.25, 0.3) is 11.8 Å². The molecule has 2 aromatic carbocycles.